The molecule has 1 N–H and O–H groups in total. The molecule has 0 bridgehead atoms. The Kier molecular flexibility index (Phi) is 3.74. The van der Waals surface area contributed by atoms with Gasteiger partial charge in [-0.2, -0.15) is 0 Å². The Morgan fingerprint density at radius 3 is 3.06 bits per heavy atom. The van der Waals surface area contributed by atoms with E-state index in [0.29, 0.717) is 0 Å². The Morgan fingerprint density at radius 1 is 1.44 bits per heavy atom. The first kappa shape index (κ1) is 11.4. The van der Waals surface area contributed by atoms with Crippen LogP contribution < -0.4 is 5.32 Å². The second kappa shape index (κ2) is 5.27. The van der Waals surface area contributed by atoms with Crippen molar-refractivity contribution in [1.82, 2.24) is 10.3 Å². The van der Waals surface area contributed by atoms with Gasteiger partial charge in [0.05, 0.1) is 5.69 Å². The van der Waals surface area contributed by atoms with Crippen LogP contribution in [0.3, 0.4) is 0 Å². The zero-order valence-corrected chi connectivity index (χ0v) is 10.6. The summed E-state index contributed by atoms with van der Waals surface area (Å²) in [5.41, 5.74) is 2.12. The minimum Gasteiger partial charge on any atom is -0.448 e. The van der Waals surface area contributed by atoms with Crippen molar-refractivity contribution in [3.8, 4) is 0 Å². The average Bonchev–Trinajstić information content (AvgIpc) is 2.66. The lowest BCUT2D eigenvalue weighted by atomic mass is 10.1. The fourth-order valence-electron chi connectivity index (χ4n) is 1.51. The molecule has 0 amide bonds. The number of aromatic nitrogens is 1. The van der Waals surface area contributed by atoms with E-state index in [1.165, 1.54) is 5.56 Å². The fraction of sp³-hybridized carbons (Fsp3) is 0.250. The Bertz CT molecular complexity index is 468. The number of nitrogens with zero attached hydrogens (tertiary/aromatic N) is 1. The maximum absolute atomic E-state index is 5.39. The summed E-state index contributed by atoms with van der Waals surface area (Å²) in [6.45, 7) is 0.738. The molecule has 0 unspecified atom stereocenters. The molecular weight excluding hydrogens is 268 g/mol. The van der Waals surface area contributed by atoms with Crippen molar-refractivity contribution >= 4 is 15.9 Å². The highest BCUT2D eigenvalue weighted by Crippen LogP contribution is 2.15. The van der Waals surface area contributed by atoms with Crippen molar-refractivity contribution in [3.63, 3.8) is 0 Å². The number of hydrogen-bond donors (Lipinski definition) is 1. The summed E-state index contributed by atoms with van der Waals surface area (Å²) in [4.78, 5) is 4.38. The summed E-state index contributed by atoms with van der Waals surface area (Å²) in [5.74, 6) is 0.753. The van der Waals surface area contributed by atoms with E-state index in [1.807, 2.05) is 19.2 Å². The first-order valence-electron chi connectivity index (χ1n) is 5.10. The molecule has 84 valence electrons. The van der Waals surface area contributed by atoms with Crippen LogP contribution in [0.1, 0.15) is 17.1 Å². The maximum Gasteiger partial charge on any atom is 0.198 e. The Morgan fingerprint density at radius 2 is 2.31 bits per heavy atom. The van der Waals surface area contributed by atoms with Crippen LogP contribution in [0.15, 0.2) is 39.4 Å². The third kappa shape index (κ3) is 2.93. The van der Waals surface area contributed by atoms with Crippen LogP contribution in [0.4, 0.5) is 0 Å². The smallest absolute Gasteiger partial charge is 0.198 e. The lowest BCUT2D eigenvalue weighted by Crippen LogP contribution is -2.05. The first-order valence-corrected chi connectivity index (χ1v) is 5.89. The molecule has 1 aromatic heterocycles. The van der Waals surface area contributed by atoms with E-state index in [2.05, 4.69) is 38.4 Å². The van der Waals surface area contributed by atoms with Crippen LogP contribution in [0, 0.1) is 0 Å². The van der Waals surface area contributed by atoms with Gasteiger partial charge in [0.15, 0.2) is 5.89 Å². The molecule has 0 atom stereocenters. The van der Waals surface area contributed by atoms with E-state index in [0.717, 1.165) is 29.0 Å². The van der Waals surface area contributed by atoms with E-state index in [9.17, 15) is 0 Å². The zero-order valence-electron chi connectivity index (χ0n) is 9.03. The number of nitrogens with one attached hydrogen (secondary N) is 1. The fourth-order valence-corrected chi connectivity index (χ4v) is 1.96. The van der Waals surface area contributed by atoms with Crippen LogP contribution in [-0.2, 0) is 13.0 Å². The van der Waals surface area contributed by atoms with Crippen molar-refractivity contribution in [2.45, 2.75) is 13.0 Å². The van der Waals surface area contributed by atoms with E-state index < -0.39 is 0 Å². The Labute approximate surface area is 103 Å². The van der Waals surface area contributed by atoms with Crippen molar-refractivity contribution in [3.05, 3.63) is 52.1 Å². The summed E-state index contributed by atoms with van der Waals surface area (Å²) in [6.07, 6.45) is 2.42. The molecular formula is C12H13BrN2O. The lowest BCUT2D eigenvalue weighted by molar-refractivity contribution is 0.506. The maximum atomic E-state index is 5.39. The van der Waals surface area contributed by atoms with Crippen LogP contribution in [-0.4, -0.2) is 12.0 Å². The SMILES string of the molecule is CNCc1coc(Cc2cccc(Br)c2)n1. The predicted octanol–water partition coefficient (Wildman–Crippen LogP) is 2.75. The summed E-state index contributed by atoms with van der Waals surface area (Å²) >= 11 is 3.44. The summed E-state index contributed by atoms with van der Waals surface area (Å²) in [5, 5.41) is 3.04. The van der Waals surface area contributed by atoms with Crippen molar-refractivity contribution in [2.24, 2.45) is 0 Å². The molecule has 1 heterocycles. The molecule has 0 saturated carbocycles. The van der Waals surface area contributed by atoms with Crippen molar-refractivity contribution in [2.75, 3.05) is 7.05 Å². The number of oxazole rings is 1. The Balaban J connectivity index is 2.08. The second-order valence-corrected chi connectivity index (χ2v) is 4.49. The molecule has 0 aliphatic rings. The minimum atomic E-state index is 0.725. The van der Waals surface area contributed by atoms with Gasteiger partial charge in [-0.25, -0.2) is 4.98 Å². The Hall–Kier alpha value is -1.13. The zero-order chi connectivity index (χ0) is 11.4. The van der Waals surface area contributed by atoms with Gasteiger partial charge < -0.3 is 9.73 Å². The van der Waals surface area contributed by atoms with Crippen molar-refractivity contribution < 1.29 is 4.42 Å². The third-order valence-electron chi connectivity index (χ3n) is 2.20. The van der Waals surface area contributed by atoms with Gasteiger partial charge in [0.2, 0.25) is 0 Å². The molecule has 3 nitrogen and oxygen atoms in total. The summed E-state index contributed by atoms with van der Waals surface area (Å²) in [6, 6.07) is 8.15. The van der Waals surface area contributed by atoms with Gasteiger partial charge in [0.25, 0.3) is 0 Å². The molecule has 2 rings (SSSR count). The molecule has 0 fully saturated rings. The highest BCUT2D eigenvalue weighted by atomic mass is 79.9. The number of rotatable bonds is 4. The van der Waals surface area contributed by atoms with E-state index in [1.54, 1.807) is 6.26 Å². The molecule has 16 heavy (non-hydrogen) atoms. The lowest BCUT2D eigenvalue weighted by Gasteiger charge is -1.97. The minimum absolute atomic E-state index is 0.725. The van der Waals surface area contributed by atoms with E-state index in [-0.39, 0.29) is 0 Å². The van der Waals surface area contributed by atoms with Gasteiger partial charge in [0.1, 0.15) is 6.26 Å². The van der Waals surface area contributed by atoms with Gasteiger partial charge in [-0.05, 0) is 24.7 Å². The average molecular weight is 281 g/mol. The van der Waals surface area contributed by atoms with Crippen LogP contribution in [0.25, 0.3) is 0 Å². The predicted molar refractivity (Wildman–Crippen MR) is 66.2 cm³/mol. The topological polar surface area (TPSA) is 38.1 Å². The standard InChI is InChI=1S/C12H13BrN2O/c1-14-7-11-8-16-12(15-11)6-9-3-2-4-10(13)5-9/h2-5,8,14H,6-7H2,1H3. The van der Waals surface area contributed by atoms with Gasteiger partial charge in [-0.15, -0.1) is 0 Å². The number of halogens is 1. The van der Waals surface area contributed by atoms with Crippen LogP contribution in [0.5, 0.6) is 0 Å². The second-order valence-electron chi connectivity index (χ2n) is 3.57. The van der Waals surface area contributed by atoms with Gasteiger partial charge in [-0.3, -0.25) is 0 Å². The summed E-state index contributed by atoms with van der Waals surface area (Å²) in [7, 11) is 1.89. The molecule has 0 aliphatic carbocycles. The van der Waals surface area contributed by atoms with E-state index >= 15 is 0 Å². The van der Waals surface area contributed by atoms with E-state index in [4.69, 9.17) is 4.42 Å². The van der Waals surface area contributed by atoms with Gasteiger partial charge in [-0.1, -0.05) is 28.1 Å². The van der Waals surface area contributed by atoms with Gasteiger partial charge >= 0.3 is 0 Å². The largest absolute Gasteiger partial charge is 0.448 e. The number of hydrogen-bond acceptors (Lipinski definition) is 3. The van der Waals surface area contributed by atoms with Crippen molar-refractivity contribution in [1.29, 1.82) is 0 Å². The highest BCUT2D eigenvalue weighted by molar-refractivity contribution is 9.10. The third-order valence-corrected chi connectivity index (χ3v) is 2.69. The molecule has 2 aromatic rings. The normalized spacial score (nSPS) is 10.6. The highest BCUT2D eigenvalue weighted by Gasteiger charge is 2.04. The van der Waals surface area contributed by atoms with Crippen LogP contribution in [0.2, 0.25) is 0 Å². The summed E-state index contributed by atoms with van der Waals surface area (Å²) < 4.78 is 6.47. The molecule has 0 saturated heterocycles. The molecule has 1 aromatic carbocycles. The molecule has 0 radical (unpaired) electrons. The number of benzene rings is 1. The molecule has 4 heteroatoms. The van der Waals surface area contributed by atoms with Gasteiger partial charge in [0, 0.05) is 17.4 Å². The first-order chi connectivity index (χ1) is 7.78. The molecule has 0 spiro atoms. The van der Waals surface area contributed by atoms with Crippen LogP contribution >= 0.6 is 15.9 Å². The quantitative estimate of drug-likeness (QED) is 0.936. The monoisotopic (exact) mass is 280 g/mol. The molecule has 0 aliphatic heterocycles.